The lowest BCUT2D eigenvalue weighted by Crippen LogP contribution is -2.18. The zero-order chi connectivity index (χ0) is 16.1. The van der Waals surface area contributed by atoms with Gasteiger partial charge < -0.3 is 18.9 Å². The standard InChI is InChI=1S/C15H17N3O5/c1-2-20-15(19)14-13(16-18-17-14)10-3-5-11(6-4-10)23-9-12-21-7-8-22-12/h3-6,12H,2,7-9H2,1H3,(H,16,17,18). The van der Waals surface area contributed by atoms with Gasteiger partial charge in [0.1, 0.15) is 18.1 Å². The van der Waals surface area contributed by atoms with Crippen LogP contribution in [0.4, 0.5) is 0 Å². The van der Waals surface area contributed by atoms with Gasteiger partial charge in [0.15, 0.2) is 12.0 Å². The minimum Gasteiger partial charge on any atom is -0.488 e. The second-order valence-corrected chi connectivity index (χ2v) is 4.75. The average molecular weight is 319 g/mol. The summed E-state index contributed by atoms with van der Waals surface area (Å²) in [5, 5.41) is 10.3. The number of benzene rings is 1. The van der Waals surface area contributed by atoms with Gasteiger partial charge in [-0.3, -0.25) is 0 Å². The number of hydrogen-bond donors (Lipinski definition) is 1. The largest absolute Gasteiger partial charge is 0.488 e. The predicted molar refractivity (Wildman–Crippen MR) is 79.0 cm³/mol. The molecule has 8 nitrogen and oxygen atoms in total. The third-order valence-corrected chi connectivity index (χ3v) is 3.22. The van der Waals surface area contributed by atoms with Crippen molar-refractivity contribution in [2.75, 3.05) is 26.4 Å². The number of carbonyl (C=O) groups is 1. The number of carbonyl (C=O) groups excluding carboxylic acids is 1. The third kappa shape index (κ3) is 3.66. The van der Waals surface area contributed by atoms with E-state index in [0.717, 1.165) is 5.56 Å². The van der Waals surface area contributed by atoms with Crippen molar-refractivity contribution in [2.45, 2.75) is 13.2 Å². The van der Waals surface area contributed by atoms with Crippen molar-refractivity contribution in [1.82, 2.24) is 15.4 Å². The zero-order valence-corrected chi connectivity index (χ0v) is 12.7. The minimum atomic E-state index is -0.507. The van der Waals surface area contributed by atoms with Crippen LogP contribution in [0.5, 0.6) is 5.75 Å². The van der Waals surface area contributed by atoms with Crippen LogP contribution in [0.3, 0.4) is 0 Å². The number of ether oxygens (including phenoxy) is 4. The number of aromatic amines is 1. The average Bonchev–Trinajstić information content (AvgIpc) is 3.25. The van der Waals surface area contributed by atoms with Gasteiger partial charge in [0.25, 0.3) is 0 Å². The van der Waals surface area contributed by atoms with Crippen molar-refractivity contribution < 1.29 is 23.7 Å². The van der Waals surface area contributed by atoms with Crippen LogP contribution < -0.4 is 4.74 Å². The lowest BCUT2D eigenvalue weighted by Gasteiger charge is -2.11. The molecule has 0 aliphatic carbocycles. The van der Waals surface area contributed by atoms with Crippen LogP contribution in [0.1, 0.15) is 17.4 Å². The maximum Gasteiger partial charge on any atom is 0.361 e. The number of aromatic nitrogens is 3. The van der Waals surface area contributed by atoms with Crippen LogP contribution in [0.2, 0.25) is 0 Å². The first kappa shape index (κ1) is 15.4. The summed E-state index contributed by atoms with van der Waals surface area (Å²) >= 11 is 0. The zero-order valence-electron chi connectivity index (χ0n) is 12.7. The topological polar surface area (TPSA) is 95.6 Å². The van der Waals surface area contributed by atoms with E-state index in [1.54, 1.807) is 31.2 Å². The minimum absolute atomic E-state index is 0.160. The molecule has 0 atom stereocenters. The summed E-state index contributed by atoms with van der Waals surface area (Å²) in [6.45, 7) is 3.54. The van der Waals surface area contributed by atoms with Crippen LogP contribution in [-0.4, -0.2) is 54.1 Å². The van der Waals surface area contributed by atoms with Crippen molar-refractivity contribution in [2.24, 2.45) is 0 Å². The molecule has 23 heavy (non-hydrogen) atoms. The Hall–Kier alpha value is -2.45. The molecule has 0 unspecified atom stereocenters. The highest BCUT2D eigenvalue weighted by Gasteiger charge is 2.19. The molecule has 2 aromatic rings. The van der Waals surface area contributed by atoms with E-state index in [-0.39, 0.29) is 18.6 Å². The molecule has 0 bridgehead atoms. The molecule has 2 heterocycles. The van der Waals surface area contributed by atoms with Gasteiger partial charge in [0.2, 0.25) is 0 Å². The summed E-state index contributed by atoms with van der Waals surface area (Å²) < 4.78 is 21.1. The molecule has 0 saturated carbocycles. The van der Waals surface area contributed by atoms with Crippen molar-refractivity contribution in [3.63, 3.8) is 0 Å². The SMILES string of the molecule is CCOC(=O)c1n[nH]nc1-c1ccc(OCC2OCCO2)cc1. The fourth-order valence-electron chi connectivity index (χ4n) is 2.15. The van der Waals surface area contributed by atoms with Crippen LogP contribution >= 0.6 is 0 Å². The lowest BCUT2D eigenvalue weighted by atomic mass is 10.1. The molecule has 122 valence electrons. The molecule has 1 saturated heterocycles. The van der Waals surface area contributed by atoms with Gasteiger partial charge in [0, 0.05) is 5.56 Å². The molecule has 1 aliphatic rings. The monoisotopic (exact) mass is 319 g/mol. The number of H-pyrrole nitrogens is 1. The molecule has 0 spiro atoms. The Labute approximate surface area is 132 Å². The van der Waals surface area contributed by atoms with E-state index in [1.807, 2.05) is 0 Å². The van der Waals surface area contributed by atoms with E-state index >= 15 is 0 Å². The second kappa shape index (κ2) is 7.21. The normalized spacial score (nSPS) is 14.8. The Kier molecular flexibility index (Phi) is 4.84. The number of hydrogen-bond acceptors (Lipinski definition) is 7. The smallest absolute Gasteiger partial charge is 0.361 e. The van der Waals surface area contributed by atoms with E-state index in [2.05, 4.69) is 15.4 Å². The summed E-state index contributed by atoms with van der Waals surface area (Å²) in [7, 11) is 0. The van der Waals surface area contributed by atoms with Crippen LogP contribution in [0.15, 0.2) is 24.3 Å². The van der Waals surface area contributed by atoms with Crippen LogP contribution in [0, 0.1) is 0 Å². The first-order valence-corrected chi connectivity index (χ1v) is 7.32. The fraction of sp³-hybridized carbons (Fsp3) is 0.400. The van der Waals surface area contributed by atoms with Gasteiger partial charge in [-0.2, -0.15) is 10.3 Å². The summed E-state index contributed by atoms with van der Waals surface area (Å²) in [6, 6.07) is 7.17. The van der Waals surface area contributed by atoms with E-state index in [9.17, 15) is 4.79 Å². The summed E-state index contributed by atoms with van der Waals surface area (Å²) in [4.78, 5) is 11.8. The highest BCUT2D eigenvalue weighted by molar-refractivity contribution is 5.93. The quantitative estimate of drug-likeness (QED) is 0.804. The van der Waals surface area contributed by atoms with Gasteiger partial charge in [-0.25, -0.2) is 4.79 Å². The molecule has 0 amide bonds. The molecule has 1 fully saturated rings. The maximum atomic E-state index is 11.8. The third-order valence-electron chi connectivity index (χ3n) is 3.22. The number of rotatable bonds is 6. The highest BCUT2D eigenvalue weighted by atomic mass is 16.7. The van der Waals surface area contributed by atoms with Crippen molar-refractivity contribution in [1.29, 1.82) is 0 Å². The van der Waals surface area contributed by atoms with E-state index in [0.29, 0.717) is 31.3 Å². The molecule has 1 aromatic heterocycles. The molecule has 3 rings (SSSR count). The molecule has 1 N–H and O–H groups in total. The molecular formula is C15H17N3O5. The predicted octanol–water partition coefficient (Wildman–Crippen LogP) is 1.40. The van der Waals surface area contributed by atoms with Gasteiger partial charge in [-0.1, -0.05) is 0 Å². The Morgan fingerprint density at radius 1 is 1.26 bits per heavy atom. The first-order valence-electron chi connectivity index (χ1n) is 7.32. The summed E-state index contributed by atoms with van der Waals surface area (Å²) in [5.74, 6) is 0.168. The Morgan fingerprint density at radius 3 is 2.70 bits per heavy atom. The van der Waals surface area contributed by atoms with Gasteiger partial charge in [0.05, 0.1) is 19.8 Å². The summed E-state index contributed by atoms with van der Waals surface area (Å²) in [5.41, 5.74) is 1.34. The van der Waals surface area contributed by atoms with E-state index < -0.39 is 5.97 Å². The second-order valence-electron chi connectivity index (χ2n) is 4.75. The fourth-order valence-corrected chi connectivity index (χ4v) is 2.15. The van der Waals surface area contributed by atoms with Crippen LogP contribution in [-0.2, 0) is 14.2 Å². The van der Waals surface area contributed by atoms with Crippen molar-refractivity contribution >= 4 is 5.97 Å². The summed E-state index contributed by atoms with van der Waals surface area (Å²) in [6.07, 6.45) is -0.319. The van der Waals surface area contributed by atoms with Crippen molar-refractivity contribution in [3.8, 4) is 17.0 Å². The Morgan fingerprint density at radius 2 is 2.00 bits per heavy atom. The van der Waals surface area contributed by atoms with E-state index in [4.69, 9.17) is 18.9 Å². The maximum absolute atomic E-state index is 11.8. The Balaban J connectivity index is 1.67. The molecular weight excluding hydrogens is 302 g/mol. The highest BCUT2D eigenvalue weighted by Crippen LogP contribution is 2.23. The number of nitrogens with one attached hydrogen (secondary N) is 1. The first-order chi connectivity index (χ1) is 11.3. The van der Waals surface area contributed by atoms with Gasteiger partial charge in [-0.15, -0.1) is 5.10 Å². The van der Waals surface area contributed by atoms with Crippen molar-refractivity contribution in [3.05, 3.63) is 30.0 Å². The molecule has 0 radical (unpaired) electrons. The van der Waals surface area contributed by atoms with Crippen LogP contribution in [0.25, 0.3) is 11.3 Å². The number of nitrogens with zero attached hydrogens (tertiary/aromatic N) is 2. The Bertz CT molecular complexity index is 649. The number of esters is 1. The molecule has 1 aliphatic heterocycles. The molecule has 8 heteroatoms. The lowest BCUT2D eigenvalue weighted by molar-refractivity contribution is -0.0684. The van der Waals surface area contributed by atoms with Gasteiger partial charge >= 0.3 is 5.97 Å². The van der Waals surface area contributed by atoms with Gasteiger partial charge in [-0.05, 0) is 31.2 Å². The molecule has 1 aromatic carbocycles. The van der Waals surface area contributed by atoms with E-state index in [1.165, 1.54) is 0 Å².